The van der Waals surface area contributed by atoms with Gasteiger partial charge in [0.05, 0.1) is 0 Å². The molecule has 0 aromatic rings. The molecule has 0 amide bonds. The topological polar surface area (TPSA) is 17.1 Å². The van der Waals surface area contributed by atoms with Crippen LogP contribution >= 0.6 is 0 Å². The fourth-order valence-electron chi connectivity index (χ4n) is 1.58. The first-order valence-electron chi connectivity index (χ1n) is 3.70. The minimum Gasteiger partial charge on any atom is -0.300 e. The summed E-state index contributed by atoms with van der Waals surface area (Å²) in [6, 6.07) is 0. The molecule has 1 aliphatic rings. The third-order valence-electron chi connectivity index (χ3n) is 2.27. The van der Waals surface area contributed by atoms with Gasteiger partial charge in [-0.05, 0) is 32.1 Å². The summed E-state index contributed by atoms with van der Waals surface area (Å²) in [6.45, 7) is 3.94. The van der Waals surface area contributed by atoms with Crippen LogP contribution in [0.2, 0.25) is 0 Å². The summed E-state index contributed by atoms with van der Waals surface area (Å²) in [5.74, 6) is 1.58. The van der Waals surface area contributed by atoms with Gasteiger partial charge in [0.2, 0.25) is 0 Å². The predicted octanol–water partition coefficient (Wildman–Crippen LogP) is 2.01. The molecule has 0 aromatic carbocycles. The second-order valence-electron chi connectivity index (χ2n) is 3.23. The van der Waals surface area contributed by atoms with E-state index in [9.17, 15) is 4.79 Å². The largest absolute Gasteiger partial charge is 0.300 e. The molecule has 1 heteroatoms. The van der Waals surface area contributed by atoms with E-state index in [1.165, 1.54) is 6.42 Å². The lowest BCUT2D eigenvalue weighted by Crippen LogP contribution is -2.05. The van der Waals surface area contributed by atoms with Gasteiger partial charge in [-0.25, -0.2) is 0 Å². The minimum atomic E-state index is 0.388. The Bertz CT molecular complexity index is 118. The highest BCUT2D eigenvalue weighted by Gasteiger charge is 2.23. The van der Waals surface area contributed by atoms with Gasteiger partial charge in [0, 0.05) is 5.92 Å². The number of hydrogen-bond donors (Lipinski definition) is 0. The van der Waals surface area contributed by atoms with Gasteiger partial charge in [-0.2, -0.15) is 0 Å². The van der Waals surface area contributed by atoms with E-state index in [1.807, 2.05) is 0 Å². The van der Waals surface area contributed by atoms with E-state index in [2.05, 4.69) is 6.92 Å². The summed E-state index contributed by atoms with van der Waals surface area (Å²) in [6.07, 6.45) is 3.52. The number of rotatable bonds is 1. The van der Waals surface area contributed by atoms with Gasteiger partial charge in [-0.3, -0.25) is 4.79 Å². The van der Waals surface area contributed by atoms with Crippen molar-refractivity contribution in [2.24, 2.45) is 11.8 Å². The molecule has 2 unspecified atom stereocenters. The summed E-state index contributed by atoms with van der Waals surface area (Å²) < 4.78 is 0. The first-order valence-corrected chi connectivity index (χ1v) is 3.70. The molecule has 52 valence electrons. The summed E-state index contributed by atoms with van der Waals surface area (Å²) >= 11 is 0. The zero-order valence-electron chi connectivity index (χ0n) is 6.18. The van der Waals surface area contributed by atoms with E-state index < -0.39 is 0 Å². The third-order valence-corrected chi connectivity index (χ3v) is 2.27. The summed E-state index contributed by atoms with van der Waals surface area (Å²) in [7, 11) is 0. The molecule has 1 rings (SSSR count). The molecular weight excluding hydrogens is 112 g/mol. The lowest BCUT2D eigenvalue weighted by atomic mass is 10.0. The SMILES string of the molecule is CC(=O)C1CCC(C)C1. The molecule has 0 bridgehead atoms. The lowest BCUT2D eigenvalue weighted by Gasteiger charge is -2.01. The summed E-state index contributed by atoms with van der Waals surface area (Å²) in [5.41, 5.74) is 0. The fraction of sp³-hybridized carbons (Fsp3) is 0.875. The van der Waals surface area contributed by atoms with Crippen LogP contribution in [0.5, 0.6) is 0 Å². The molecule has 0 N–H and O–H groups in total. The van der Waals surface area contributed by atoms with Crippen molar-refractivity contribution in [1.82, 2.24) is 0 Å². The minimum absolute atomic E-state index is 0.388. The van der Waals surface area contributed by atoms with E-state index in [1.54, 1.807) is 6.92 Å². The fourth-order valence-corrected chi connectivity index (χ4v) is 1.58. The molecule has 1 aliphatic carbocycles. The quantitative estimate of drug-likeness (QED) is 0.525. The first-order chi connectivity index (χ1) is 4.20. The van der Waals surface area contributed by atoms with Gasteiger partial charge in [0.1, 0.15) is 5.78 Å². The molecule has 2 atom stereocenters. The Morgan fingerprint density at radius 2 is 2.11 bits per heavy atom. The van der Waals surface area contributed by atoms with E-state index in [0.717, 1.165) is 18.8 Å². The Morgan fingerprint density at radius 3 is 2.33 bits per heavy atom. The van der Waals surface area contributed by atoms with Gasteiger partial charge in [-0.15, -0.1) is 0 Å². The smallest absolute Gasteiger partial charge is 0.132 e. The number of carbonyl (C=O) groups is 1. The van der Waals surface area contributed by atoms with Gasteiger partial charge < -0.3 is 0 Å². The van der Waals surface area contributed by atoms with Crippen LogP contribution in [-0.2, 0) is 4.79 Å². The van der Waals surface area contributed by atoms with E-state index in [-0.39, 0.29) is 0 Å². The molecule has 1 fully saturated rings. The Kier molecular flexibility index (Phi) is 1.89. The van der Waals surface area contributed by atoms with Crippen LogP contribution in [0, 0.1) is 11.8 Å². The Balaban J connectivity index is 2.39. The standard InChI is InChI=1S/C8H14O/c1-6-3-4-8(5-6)7(2)9/h6,8H,3-5H2,1-2H3. The maximum absolute atomic E-state index is 10.8. The van der Waals surface area contributed by atoms with Gasteiger partial charge in [0.15, 0.2) is 0 Å². The Morgan fingerprint density at radius 1 is 1.44 bits per heavy atom. The van der Waals surface area contributed by atoms with Crippen molar-refractivity contribution in [1.29, 1.82) is 0 Å². The Labute approximate surface area is 56.4 Å². The monoisotopic (exact) mass is 126 g/mol. The molecule has 1 nitrogen and oxygen atoms in total. The van der Waals surface area contributed by atoms with Crippen LogP contribution in [-0.4, -0.2) is 5.78 Å². The number of ketones is 1. The third kappa shape index (κ3) is 1.54. The van der Waals surface area contributed by atoms with Gasteiger partial charge in [0.25, 0.3) is 0 Å². The second kappa shape index (κ2) is 2.51. The Hall–Kier alpha value is -0.330. The molecule has 1 saturated carbocycles. The highest BCUT2D eigenvalue weighted by molar-refractivity contribution is 5.78. The maximum atomic E-state index is 10.8. The molecule has 0 spiro atoms. The predicted molar refractivity (Wildman–Crippen MR) is 37.2 cm³/mol. The van der Waals surface area contributed by atoms with Crippen LogP contribution in [0.1, 0.15) is 33.1 Å². The van der Waals surface area contributed by atoms with Crippen molar-refractivity contribution in [2.75, 3.05) is 0 Å². The first kappa shape index (κ1) is 6.79. The summed E-state index contributed by atoms with van der Waals surface area (Å²) in [4.78, 5) is 10.8. The van der Waals surface area contributed by atoms with Crippen molar-refractivity contribution in [3.8, 4) is 0 Å². The van der Waals surface area contributed by atoms with Crippen molar-refractivity contribution in [3.63, 3.8) is 0 Å². The highest BCUT2D eigenvalue weighted by Crippen LogP contribution is 2.30. The summed E-state index contributed by atoms with van der Waals surface area (Å²) in [5, 5.41) is 0. The van der Waals surface area contributed by atoms with Crippen molar-refractivity contribution >= 4 is 5.78 Å². The number of carbonyl (C=O) groups excluding carboxylic acids is 1. The van der Waals surface area contributed by atoms with Crippen LogP contribution in [0.3, 0.4) is 0 Å². The lowest BCUT2D eigenvalue weighted by molar-refractivity contribution is -0.120. The van der Waals surface area contributed by atoms with E-state index >= 15 is 0 Å². The molecule has 0 heterocycles. The van der Waals surface area contributed by atoms with Gasteiger partial charge >= 0.3 is 0 Å². The van der Waals surface area contributed by atoms with Crippen LogP contribution in [0.25, 0.3) is 0 Å². The van der Waals surface area contributed by atoms with Gasteiger partial charge in [-0.1, -0.05) is 6.92 Å². The molecule has 0 aliphatic heterocycles. The van der Waals surface area contributed by atoms with Crippen molar-refractivity contribution < 1.29 is 4.79 Å². The normalized spacial score (nSPS) is 34.9. The maximum Gasteiger partial charge on any atom is 0.132 e. The van der Waals surface area contributed by atoms with Crippen LogP contribution < -0.4 is 0 Å². The van der Waals surface area contributed by atoms with E-state index in [4.69, 9.17) is 0 Å². The molecular formula is C8H14O. The molecule has 0 saturated heterocycles. The zero-order chi connectivity index (χ0) is 6.85. The average Bonchev–Trinajstić information content (AvgIpc) is 2.14. The van der Waals surface area contributed by atoms with E-state index in [0.29, 0.717) is 11.7 Å². The highest BCUT2D eigenvalue weighted by atomic mass is 16.1. The van der Waals surface area contributed by atoms with Crippen LogP contribution in [0.4, 0.5) is 0 Å². The van der Waals surface area contributed by atoms with Crippen molar-refractivity contribution in [3.05, 3.63) is 0 Å². The average molecular weight is 126 g/mol. The molecule has 0 aromatic heterocycles. The number of hydrogen-bond acceptors (Lipinski definition) is 1. The molecule has 0 radical (unpaired) electrons. The van der Waals surface area contributed by atoms with Crippen molar-refractivity contribution in [2.45, 2.75) is 33.1 Å². The second-order valence-corrected chi connectivity index (χ2v) is 3.23. The zero-order valence-corrected chi connectivity index (χ0v) is 6.18. The number of Topliss-reactive ketones (excluding diaryl/α,β-unsaturated/α-hetero) is 1. The molecule has 9 heavy (non-hydrogen) atoms. The van der Waals surface area contributed by atoms with Crippen LogP contribution in [0.15, 0.2) is 0 Å².